The van der Waals surface area contributed by atoms with Crippen LogP contribution in [0.25, 0.3) is 22.7 Å². The van der Waals surface area contributed by atoms with Gasteiger partial charge in [-0.2, -0.15) is 5.26 Å². The molecule has 4 nitrogen and oxygen atoms in total. The molecule has 1 heterocycles. The minimum atomic E-state index is 0.476. The van der Waals surface area contributed by atoms with E-state index >= 15 is 0 Å². The van der Waals surface area contributed by atoms with Crippen molar-refractivity contribution in [3.05, 3.63) is 93.2 Å². The number of halogens is 1. The van der Waals surface area contributed by atoms with Crippen LogP contribution in [0, 0.1) is 25.2 Å². The van der Waals surface area contributed by atoms with Crippen molar-refractivity contribution in [2.75, 3.05) is 0 Å². The first kappa shape index (κ1) is 19.9. The van der Waals surface area contributed by atoms with E-state index in [0.29, 0.717) is 18.0 Å². The maximum atomic E-state index is 9.66. The smallest absolute Gasteiger partial charge is 0.149 e. The zero-order valence-electron chi connectivity index (χ0n) is 16.7. The Morgan fingerprint density at radius 3 is 2.70 bits per heavy atom. The molecule has 5 heteroatoms. The van der Waals surface area contributed by atoms with Gasteiger partial charge in [-0.15, -0.1) is 0 Å². The van der Waals surface area contributed by atoms with Gasteiger partial charge in [0, 0.05) is 0 Å². The van der Waals surface area contributed by atoms with E-state index in [1.807, 2.05) is 61.5 Å². The van der Waals surface area contributed by atoms with Crippen LogP contribution >= 0.6 is 15.9 Å². The second kappa shape index (κ2) is 8.56. The van der Waals surface area contributed by atoms with Crippen molar-refractivity contribution in [3.63, 3.8) is 0 Å². The summed E-state index contributed by atoms with van der Waals surface area (Å²) in [6.07, 6.45) is 1.82. The molecule has 4 rings (SSSR count). The number of allylic oxidation sites excluding steroid dienone is 1. The number of nitriles is 1. The zero-order chi connectivity index (χ0) is 21.1. The van der Waals surface area contributed by atoms with Gasteiger partial charge in [-0.1, -0.05) is 42.0 Å². The molecule has 0 aliphatic rings. The predicted molar refractivity (Wildman–Crippen MR) is 124 cm³/mol. The average molecular weight is 458 g/mol. The fraction of sp³-hybridized carbons (Fsp3) is 0.120. The van der Waals surface area contributed by atoms with E-state index in [9.17, 15) is 5.26 Å². The number of ether oxygens (including phenoxy) is 1. The Morgan fingerprint density at radius 1 is 1.10 bits per heavy atom. The first-order chi connectivity index (χ1) is 14.5. The molecule has 30 heavy (non-hydrogen) atoms. The number of H-pyrrole nitrogens is 1. The Hall–Kier alpha value is -3.36. The van der Waals surface area contributed by atoms with Crippen LogP contribution in [0.1, 0.15) is 28.1 Å². The number of hydrogen-bond donors (Lipinski definition) is 1. The van der Waals surface area contributed by atoms with Crippen LogP contribution < -0.4 is 4.74 Å². The average Bonchev–Trinajstić information content (AvgIpc) is 3.14. The van der Waals surface area contributed by atoms with Gasteiger partial charge in [-0.3, -0.25) is 0 Å². The van der Waals surface area contributed by atoms with Gasteiger partial charge in [0.25, 0.3) is 0 Å². The van der Waals surface area contributed by atoms with Gasteiger partial charge >= 0.3 is 0 Å². The maximum absolute atomic E-state index is 9.66. The lowest BCUT2D eigenvalue weighted by molar-refractivity contribution is 0.304. The molecule has 0 fully saturated rings. The predicted octanol–water partition coefficient (Wildman–Crippen LogP) is 6.59. The van der Waals surface area contributed by atoms with Crippen LogP contribution in [-0.4, -0.2) is 9.97 Å². The van der Waals surface area contributed by atoms with Gasteiger partial charge in [0.1, 0.15) is 24.3 Å². The van der Waals surface area contributed by atoms with Crippen molar-refractivity contribution >= 4 is 38.6 Å². The SMILES string of the molecule is Cc1cccc(COc2ccc(/C=C(/C#N)c3nc4ccc(C)cc4[nH]3)cc2Br)c1. The molecule has 148 valence electrons. The van der Waals surface area contributed by atoms with E-state index < -0.39 is 0 Å². The molecule has 0 radical (unpaired) electrons. The van der Waals surface area contributed by atoms with Crippen molar-refractivity contribution in [3.8, 4) is 11.8 Å². The van der Waals surface area contributed by atoms with E-state index in [2.05, 4.69) is 51.0 Å². The summed E-state index contributed by atoms with van der Waals surface area (Å²) in [5.74, 6) is 1.32. The summed E-state index contributed by atoms with van der Waals surface area (Å²) in [5, 5.41) is 9.66. The standard InChI is InChI=1S/C25H20BrN3O/c1-16-4-3-5-19(10-16)15-30-24-9-7-18(13-21(24)26)12-20(14-27)25-28-22-8-6-17(2)11-23(22)29-25/h3-13H,15H2,1-2H3,(H,28,29)/b20-12-. The molecular weight excluding hydrogens is 438 g/mol. The lowest BCUT2D eigenvalue weighted by Gasteiger charge is -2.09. The van der Waals surface area contributed by atoms with Crippen LogP contribution in [0.2, 0.25) is 0 Å². The van der Waals surface area contributed by atoms with Crippen LogP contribution in [0.3, 0.4) is 0 Å². The molecule has 0 aliphatic heterocycles. The summed E-state index contributed by atoms with van der Waals surface area (Å²) < 4.78 is 6.78. The molecule has 4 aromatic rings. The third-order valence-corrected chi connectivity index (χ3v) is 5.38. The van der Waals surface area contributed by atoms with Gasteiger partial charge in [0.15, 0.2) is 0 Å². The molecule has 3 aromatic carbocycles. The number of fused-ring (bicyclic) bond motifs is 1. The van der Waals surface area contributed by atoms with Crippen molar-refractivity contribution in [1.29, 1.82) is 5.26 Å². The second-order valence-electron chi connectivity index (χ2n) is 7.24. The van der Waals surface area contributed by atoms with E-state index in [1.54, 1.807) is 0 Å². The second-order valence-corrected chi connectivity index (χ2v) is 8.10. The van der Waals surface area contributed by atoms with Crippen LogP contribution in [0.4, 0.5) is 0 Å². The minimum absolute atomic E-state index is 0.476. The maximum Gasteiger partial charge on any atom is 0.149 e. The van der Waals surface area contributed by atoms with Crippen molar-refractivity contribution in [1.82, 2.24) is 9.97 Å². The summed E-state index contributed by atoms with van der Waals surface area (Å²) >= 11 is 3.58. The highest BCUT2D eigenvalue weighted by Crippen LogP contribution is 2.29. The summed E-state index contributed by atoms with van der Waals surface area (Å²) in [5.41, 5.74) is 6.61. The Morgan fingerprint density at radius 2 is 1.93 bits per heavy atom. The lowest BCUT2D eigenvalue weighted by Crippen LogP contribution is -1.96. The number of rotatable bonds is 5. The minimum Gasteiger partial charge on any atom is -0.488 e. The molecule has 0 unspecified atom stereocenters. The first-order valence-corrected chi connectivity index (χ1v) is 10.4. The third-order valence-electron chi connectivity index (χ3n) is 4.76. The fourth-order valence-corrected chi connectivity index (χ4v) is 3.77. The van der Waals surface area contributed by atoms with Gasteiger partial charge in [0.2, 0.25) is 0 Å². The topological polar surface area (TPSA) is 61.7 Å². The quantitative estimate of drug-likeness (QED) is 0.344. The Bertz CT molecular complexity index is 1300. The highest BCUT2D eigenvalue weighted by molar-refractivity contribution is 9.10. The van der Waals surface area contributed by atoms with Gasteiger partial charge in [0.05, 0.1) is 21.1 Å². The van der Waals surface area contributed by atoms with Gasteiger partial charge < -0.3 is 9.72 Å². The number of aryl methyl sites for hydroxylation is 2. The largest absolute Gasteiger partial charge is 0.488 e. The molecule has 0 saturated heterocycles. The van der Waals surface area contributed by atoms with Crippen LogP contribution in [0.5, 0.6) is 5.75 Å². The number of nitrogens with zero attached hydrogens (tertiary/aromatic N) is 2. The van der Waals surface area contributed by atoms with Crippen molar-refractivity contribution in [2.24, 2.45) is 0 Å². The van der Waals surface area contributed by atoms with E-state index in [1.165, 1.54) is 5.56 Å². The number of nitrogens with one attached hydrogen (secondary N) is 1. The van der Waals surface area contributed by atoms with E-state index in [0.717, 1.165) is 37.9 Å². The number of benzene rings is 3. The number of hydrogen-bond acceptors (Lipinski definition) is 3. The summed E-state index contributed by atoms with van der Waals surface area (Å²) in [6, 6.07) is 22.3. The molecular formula is C25H20BrN3O. The van der Waals surface area contributed by atoms with E-state index in [4.69, 9.17) is 4.74 Å². The van der Waals surface area contributed by atoms with Crippen molar-refractivity contribution < 1.29 is 4.74 Å². The highest BCUT2D eigenvalue weighted by Gasteiger charge is 2.09. The van der Waals surface area contributed by atoms with E-state index in [-0.39, 0.29) is 0 Å². The van der Waals surface area contributed by atoms with Crippen molar-refractivity contribution in [2.45, 2.75) is 20.5 Å². The lowest BCUT2D eigenvalue weighted by atomic mass is 10.1. The first-order valence-electron chi connectivity index (χ1n) is 9.58. The fourth-order valence-electron chi connectivity index (χ4n) is 3.26. The Kier molecular flexibility index (Phi) is 5.69. The Balaban J connectivity index is 1.56. The highest BCUT2D eigenvalue weighted by atomic mass is 79.9. The third kappa shape index (κ3) is 4.45. The molecule has 0 saturated carbocycles. The number of imidazole rings is 1. The Labute approximate surface area is 184 Å². The summed E-state index contributed by atoms with van der Waals surface area (Å²) in [7, 11) is 0. The van der Waals surface area contributed by atoms with Gasteiger partial charge in [-0.25, -0.2) is 4.98 Å². The number of aromatic amines is 1. The van der Waals surface area contributed by atoms with Gasteiger partial charge in [-0.05, 0) is 76.8 Å². The zero-order valence-corrected chi connectivity index (χ0v) is 18.3. The molecule has 0 amide bonds. The summed E-state index contributed by atoms with van der Waals surface area (Å²) in [6.45, 7) is 4.59. The molecule has 0 spiro atoms. The van der Waals surface area contributed by atoms with Crippen LogP contribution in [0.15, 0.2) is 65.1 Å². The molecule has 1 aromatic heterocycles. The molecule has 0 aliphatic carbocycles. The normalized spacial score (nSPS) is 11.5. The monoisotopic (exact) mass is 457 g/mol. The number of aromatic nitrogens is 2. The molecule has 0 atom stereocenters. The molecule has 1 N–H and O–H groups in total. The summed E-state index contributed by atoms with van der Waals surface area (Å²) in [4.78, 5) is 7.79. The molecule has 0 bridgehead atoms. The van der Waals surface area contributed by atoms with Crippen LogP contribution in [-0.2, 0) is 6.61 Å².